The molecule has 0 bridgehead atoms. The Hall–Kier alpha value is -0.0500. The molecule has 3 heteroatoms. The van der Waals surface area contributed by atoms with Gasteiger partial charge in [0.25, 0.3) is 0 Å². The van der Waals surface area contributed by atoms with E-state index in [9.17, 15) is 0 Å². The largest absolute Gasteiger partial charge is 0.374 e. The van der Waals surface area contributed by atoms with Gasteiger partial charge in [-0.1, -0.05) is 12.2 Å². The van der Waals surface area contributed by atoms with Gasteiger partial charge in [0.2, 0.25) is 0 Å². The number of halogens is 1. The van der Waals surface area contributed by atoms with Gasteiger partial charge in [-0.25, -0.2) is 0 Å². The van der Waals surface area contributed by atoms with Crippen LogP contribution in [-0.2, 0) is 4.74 Å². The third-order valence-corrected chi connectivity index (χ3v) is 2.90. The molecule has 0 radical (unpaired) electrons. The van der Waals surface area contributed by atoms with Crippen LogP contribution < -0.4 is 5.32 Å². The summed E-state index contributed by atoms with van der Waals surface area (Å²) in [4.78, 5) is 0. The Kier molecular flexibility index (Phi) is 5.53. The first-order chi connectivity index (χ1) is 6.45. The maximum Gasteiger partial charge on any atom is 0.0756 e. The monoisotopic (exact) mass is 217 g/mol. The van der Waals surface area contributed by atoms with Crippen LogP contribution in [0.15, 0.2) is 12.2 Å². The van der Waals surface area contributed by atoms with Crippen molar-refractivity contribution in [1.29, 1.82) is 0 Å². The first kappa shape index (κ1) is 12.0. The normalized spacial score (nSPS) is 33.1. The zero-order valence-electron chi connectivity index (χ0n) is 8.58. The lowest BCUT2D eigenvalue weighted by atomic mass is 9.98. The predicted octanol–water partition coefficient (Wildman–Crippen LogP) is 2.14. The maximum absolute atomic E-state index is 5.54. The van der Waals surface area contributed by atoms with Crippen molar-refractivity contribution in [3.8, 4) is 0 Å². The van der Waals surface area contributed by atoms with Crippen LogP contribution in [0.3, 0.4) is 0 Å². The number of ether oxygens (including phenoxy) is 1. The van der Waals surface area contributed by atoms with E-state index in [-0.39, 0.29) is 12.4 Å². The van der Waals surface area contributed by atoms with Crippen LogP contribution in [0.1, 0.15) is 25.7 Å². The standard InChI is InChI=1S/C11H19NO.ClH/c1-3-10(9-12-7-1)5-6-11-4-2-8-13-11;/h5-6,10-12H,1-4,7-9H2;1H/b6-5+;. The van der Waals surface area contributed by atoms with E-state index >= 15 is 0 Å². The molecule has 0 amide bonds. The van der Waals surface area contributed by atoms with Crippen molar-refractivity contribution in [2.24, 2.45) is 5.92 Å². The summed E-state index contributed by atoms with van der Waals surface area (Å²) in [5, 5.41) is 3.42. The quantitative estimate of drug-likeness (QED) is 0.716. The lowest BCUT2D eigenvalue weighted by Gasteiger charge is -2.19. The summed E-state index contributed by atoms with van der Waals surface area (Å²) in [7, 11) is 0. The Labute approximate surface area is 92.5 Å². The Balaban J connectivity index is 0.000000980. The molecule has 0 aromatic heterocycles. The Morgan fingerprint density at radius 1 is 1.14 bits per heavy atom. The third kappa shape index (κ3) is 3.60. The fourth-order valence-corrected chi connectivity index (χ4v) is 2.08. The number of rotatable bonds is 2. The minimum absolute atomic E-state index is 0. The molecule has 2 nitrogen and oxygen atoms in total. The smallest absolute Gasteiger partial charge is 0.0756 e. The number of nitrogens with one attached hydrogen (secondary N) is 1. The van der Waals surface area contributed by atoms with Crippen LogP contribution in [0, 0.1) is 5.92 Å². The average Bonchev–Trinajstić information content (AvgIpc) is 2.69. The van der Waals surface area contributed by atoms with Crippen LogP contribution in [0.5, 0.6) is 0 Å². The molecule has 1 N–H and O–H groups in total. The third-order valence-electron chi connectivity index (χ3n) is 2.90. The van der Waals surface area contributed by atoms with E-state index in [1.165, 1.54) is 32.2 Å². The van der Waals surface area contributed by atoms with Gasteiger partial charge in [-0.15, -0.1) is 12.4 Å². The second kappa shape index (κ2) is 6.44. The molecule has 2 aliphatic heterocycles. The van der Waals surface area contributed by atoms with Gasteiger partial charge in [0.1, 0.15) is 0 Å². The molecule has 0 aromatic carbocycles. The molecule has 2 unspecified atom stereocenters. The number of piperidine rings is 1. The molecule has 14 heavy (non-hydrogen) atoms. The van der Waals surface area contributed by atoms with E-state index in [0.29, 0.717) is 6.10 Å². The van der Waals surface area contributed by atoms with Crippen molar-refractivity contribution < 1.29 is 4.74 Å². The van der Waals surface area contributed by atoms with Crippen molar-refractivity contribution in [3.63, 3.8) is 0 Å². The fourth-order valence-electron chi connectivity index (χ4n) is 2.08. The SMILES string of the molecule is C(=C\C1CCCO1)/C1CCCNC1.Cl. The molecule has 2 saturated heterocycles. The van der Waals surface area contributed by atoms with E-state index in [1.54, 1.807) is 0 Å². The number of hydrogen-bond donors (Lipinski definition) is 1. The highest BCUT2D eigenvalue weighted by Crippen LogP contribution is 2.16. The Morgan fingerprint density at radius 2 is 2.07 bits per heavy atom. The summed E-state index contributed by atoms with van der Waals surface area (Å²) in [5.74, 6) is 0.748. The number of hydrogen-bond acceptors (Lipinski definition) is 2. The molecule has 2 rings (SSSR count). The lowest BCUT2D eigenvalue weighted by molar-refractivity contribution is 0.145. The van der Waals surface area contributed by atoms with Gasteiger partial charge in [0.15, 0.2) is 0 Å². The van der Waals surface area contributed by atoms with Gasteiger partial charge in [0.05, 0.1) is 6.10 Å². The summed E-state index contributed by atoms with van der Waals surface area (Å²) >= 11 is 0. The van der Waals surface area contributed by atoms with Gasteiger partial charge >= 0.3 is 0 Å². The van der Waals surface area contributed by atoms with Crippen molar-refractivity contribution in [1.82, 2.24) is 5.32 Å². The van der Waals surface area contributed by atoms with Crippen molar-refractivity contribution >= 4 is 12.4 Å². The molecule has 0 aromatic rings. The van der Waals surface area contributed by atoms with Gasteiger partial charge in [-0.2, -0.15) is 0 Å². The zero-order chi connectivity index (χ0) is 8.93. The van der Waals surface area contributed by atoms with Gasteiger partial charge in [-0.05, 0) is 38.1 Å². The van der Waals surface area contributed by atoms with E-state index in [4.69, 9.17) is 4.74 Å². The Morgan fingerprint density at radius 3 is 2.71 bits per heavy atom. The van der Waals surface area contributed by atoms with Gasteiger partial charge in [-0.3, -0.25) is 0 Å². The second-order valence-corrected chi connectivity index (χ2v) is 4.04. The van der Waals surface area contributed by atoms with Crippen LogP contribution in [0.2, 0.25) is 0 Å². The van der Waals surface area contributed by atoms with E-state index < -0.39 is 0 Å². The summed E-state index contributed by atoms with van der Waals surface area (Å²) in [6.45, 7) is 3.31. The minimum Gasteiger partial charge on any atom is -0.374 e. The first-order valence-corrected chi connectivity index (χ1v) is 5.46. The molecular formula is C11H20ClNO. The average molecular weight is 218 g/mol. The fraction of sp³-hybridized carbons (Fsp3) is 0.818. The lowest BCUT2D eigenvalue weighted by Crippen LogP contribution is -2.28. The van der Waals surface area contributed by atoms with Crippen molar-refractivity contribution in [2.75, 3.05) is 19.7 Å². The van der Waals surface area contributed by atoms with Crippen LogP contribution >= 0.6 is 12.4 Å². The molecule has 2 heterocycles. The molecule has 2 atom stereocenters. The van der Waals surface area contributed by atoms with Crippen LogP contribution in [-0.4, -0.2) is 25.8 Å². The summed E-state index contributed by atoms with van der Waals surface area (Å²) in [6, 6.07) is 0. The summed E-state index contributed by atoms with van der Waals surface area (Å²) < 4.78 is 5.54. The highest BCUT2D eigenvalue weighted by Gasteiger charge is 2.14. The van der Waals surface area contributed by atoms with Crippen LogP contribution in [0.25, 0.3) is 0 Å². The van der Waals surface area contributed by atoms with Gasteiger partial charge in [0, 0.05) is 13.2 Å². The Bertz CT molecular complexity index is 172. The summed E-state index contributed by atoms with van der Waals surface area (Å²) in [5.41, 5.74) is 0. The van der Waals surface area contributed by atoms with Crippen molar-refractivity contribution in [2.45, 2.75) is 31.8 Å². The second-order valence-electron chi connectivity index (χ2n) is 4.04. The molecular weight excluding hydrogens is 198 g/mol. The maximum atomic E-state index is 5.54. The molecule has 82 valence electrons. The van der Waals surface area contributed by atoms with E-state index in [1.807, 2.05) is 0 Å². The predicted molar refractivity (Wildman–Crippen MR) is 61.0 cm³/mol. The summed E-state index contributed by atoms with van der Waals surface area (Å²) in [6.07, 6.45) is 10.2. The first-order valence-electron chi connectivity index (χ1n) is 5.46. The molecule has 0 saturated carbocycles. The minimum atomic E-state index is 0. The van der Waals surface area contributed by atoms with Crippen molar-refractivity contribution in [3.05, 3.63) is 12.2 Å². The molecule has 2 fully saturated rings. The van der Waals surface area contributed by atoms with Gasteiger partial charge < -0.3 is 10.1 Å². The van der Waals surface area contributed by atoms with E-state index in [0.717, 1.165) is 19.1 Å². The molecule has 0 spiro atoms. The highest BCUT2D eigenvalue weighted by atomic mass is 35.5. The molecule has 2 aliphatic rings. The highest BCUT2D eigenvalue weighted by molar-refractivity contribution is 5.85. The molecule has 0 aliphatic carbocycles. The topological polar surface area (TPSA) is 21.3 Å². The van der Waals surface area contributed by atoms with E-state index in [2.05, 4.69) is 17.5 Å². The van der Waals surface area contributed by atoms with Crippen LogP contribution in [0.4, 0.5) is 0 Å². The zero-order valence-corrected chi connectivity index (χ0v) is 9.39.